The lowest BCUT2D eigenvalue weighted by Gasteiger charge is -2.20. The summed E-state index contributed by atoms with van der Waals surface area (Å²) in [7, 11) is 0. The quantitative estimate of drug-likeness (QED) is 0.788. The van der Waals surface area contributed by atoms with Gasteiger partial charge in [-0.3, -0.25) is 9.59 Å². The molecular weight excluding hydrogens is 206 g/mol. The lowest BCUT2D eigenvalue weighted by atomic mass is 9.90. The van der Waals surface area contributed by atoms with E-state index in [1.807, 2.05) is 0 Å². The average molecular weight is 225 g/mol. The molecule has 0 bridgehead atoms. The number of carboxylic acid groups (broad SMARTS) is 1. The van der Waals surface area contributed by atoms with E-state index in [0.29, 0.717) is 25.9 Å². The number of rotatable bonds is 4. The molecule has 0 spiro atoms. The smallest absolute Gasteiger partial charge is 0.311 e. The summed E-state index contributed by atoms with van der Waals surface area (Å²) in [4.78, 5) is 24.6. The van der Waals surface area contributed by atoms with Gasteiger partial charge in [0.1, 0.15) is 0 Å². The molecule has 1 heterocycles. The van der Waals surface area contributed by atoms with Crippen LogP contribution >= 0.6 is 0 Å². The Balaban J connectivity index is 1.82. The molecular formula is C12H19NO3. The van der Waals surface area contributed by atoms with Crippen molar-refractivity contribution in [3.05, 3.63) is 0 Å². The molecule has 1 atom stereocenters. The molecule has 1 saturated carbocycles. The standard InChI is InChI=1S/C12H19NO3/c1-12(11(15)16)6-7-13(8-12)10(14)5-4-9-2-3-9/h9H,2-8H2,1H3,(H,15,16). The molecule has 0 radical (unpaired) electrons. The van der Waals surface area contributed by atoms with Crippen LogP contribution in [0.4, 0.5) is 0 Å². The zero-order chi connectivity index (χ0) is 11.8. The average Bonchev–Trinajstić information content (AvgIpc) is 2.97. The van der Waals surface area contributed by atoms with Gasteiger partial charge in [0.25, 0.3) is 0 Å². The van der Waals surface area contributed by atoms with Crippen molar-refractivity contribution in [1.29, 1.82) is 0 Å². The second-order valence-electron chi connectivity index (χ2n) is 5.41. The molecule has 2 fully saturated rings. The van der Waals surface area contributed by atoms with E-state index in [0.717, 1.165) is 12.3 Å². The summed E-state index contributed by atoms with van der Waals surface area (Å²) in [6, 6.07) is 0. The maximum atomic E-state index is 11.8. The van der Waals surface area contributed by atoms with Gasteiger partial charge in [-0.25, -0.2) is 0 Å². The van der Waals surface area contributed by atoms with E-state index in [1.54, 1.807) is 11.8 Å². The second kappa shape index (κ2) is 4.07. The predicted molar refractivity (Wildman–Crippen MR) is 58.9 cm³/mol. The first-order valence-electron chi connectivity index (χ1n) is 6.02. The fraction of sp³-hybridized carbons (Fsp3) is 0.833. The van der Waals surface area contributed by atoms with Gasteiger partial charge in [-0.1, -0.05) is 12.8 Å². The van der Waals surface area contributed by atoms with Crippen molar-refractivity contribution in [2.24, 2.45) is 11.3 Å². The summed E-state index contributed by atoms with van der Waals surface area (Å²) in [5.74, 6) is 0.110. The normalized spacial score (nSPS) is 29.4. The zero-order valence-corrected chi connectivity index (χ0v) is 9.74. The number of carboxylic acids is 1. The van der Waals surface area contributed by atoms with Gasteiger partial charge in [-0.15, -0.1) is 0 Å². The molecule has 90 valence electrons. The van der Waals surface area contributed by atoms with Gasteiger partial charge in [0.15, 0.2) is 0 Å². The molecule has 2 rings (SSSR count). The monoisotopic (exact) mass is 225 g/mol. The molecule has 1 unspecified atom stereocenters. The summed E-state index contributed by atoms with van der Waals surface area (Å²) >= 11 is 0. The van der Waals surface area contributed by atoms with Crippen molar-refractivity contribution < 1.29 is 14.7 Å². The Kier molecular flexibility index (Phi) is 2.91. The number of carbonyl (C=O) groups is 2. The van der Waals surface area contributed by atoms with E-state index in [4.69, 9.17) is 5.11 Å². The first-order chi connectivity index (χ1) is 7.51. The van der Waals surface area contributed by atoms with Crippen molar-refractivity contribution >= 4 is 11.9 Å². The Morgan fingerprint density at radius 3 is 2.62 bits per heavy atom. The predicted octanol–water partition coefficient (Wildman–Crippen LogP) is 1.50. The highest BCUT2D eigenvalue weighted by Gasteiger charge is 2.42. The van der Waals surface area contributed by atoms with Crippen LogP contribution in [0.15, 0.2) is 0 Å². The molecule has 0 aromatic rings. The van der Waals surface area contributed by atoms with Gasteiger partial charge in [0.2, 0.25) is 5.91 Å². The molecule has 1 aliphatic carbocycles. The van der Waals surface area contributed by atoms with Crippen LogP contribution in [0.1, 0.15) is 39.0 Å². The SMILES string of the molecule is CC1(C(=O)O)CCN(C(=O)CCC2CC2)C1. The van der Waals surface area contributed by atoms with Crippen LogP contribution in [-0.4, -0.2) is 35.0 Å². The van der Waals surface area contributed by atoms with Gasteiger partial charge in [0.05, 0.1) is 5.41 Å². The highest BCUT2D eigenvalue weighted by Crippen LogP contribution is 2.35. The highest BCUT2D eigenvalue weighted by molar-refractivity contribution is 5.80. The number of hydrogen-bond acceptors (Lipinski definition) is 2. The molecule has 1 N–H and O–H groups in total. The Bertz CT molecular complexity index is 311. The number of aliphatic carboxylic acids is 1. The molecule has 1 amide bonds. The first kappa shape index (κ1) is 11.4. The minimum atomic E-state index is -0.787. The van der Waals surface area contributed by atoms with Gasteiger partial charge in [-0.05, 0) is 25.7 Å². The van der Waals surface area contributed by atoms with Crippen LogP contribution in [0.3, 0.4) is 0 Å². The fourth-order valence-electron chi connectivity index (χ4n) is 2.24. The third-order valence-corrected chi connectivity index (χ3v) is 3.81. The van der Waals surface area contributed by atoms with Gasteiger partial charge in [-0.2, -0.15) is 0 Å². The second-order valence-corrected chi connectivity index (χ2v) is 5.41. The number of hydrogen-bond donors (Lipinski definition) is 1. The topological polar surface area (TPSA) is 57.6 Å². The van der Waals surface area contributed by atoms with Crippen molar-refractivity contribution in [2.45, 2.75) is 39.0 Å². The van der Waals surface area contributed by atoms with E-state index in [2.05, 4.69) is 0 Å². The maximum Gasteiger partial charge on any atom is 0.311 e. The highest BCUT2D eigenvalue weighted by atomic mass is 16.4. The molecule has 0 aromatic carbocycles. The lowest BCUT2D eigenvalue weighted by molar-refractivity contribution is -0.147. The maximum absolute atomic E-state index is 11.8. The summed E-state index contributed by atoms with van der Waals surface area (Å²) in [6.07, 6.45) is 4.69. The zero-order valence-electron chi connectivity index (χ0n) is 9.74. The Labute approximate surface area is 95.6 Å². The van der Waals surface area contributed by atoms with Gasteiger partial charge in [0, 0.05) is 19.5 Å². The third kappa shape index (κ3) is 2.36. The summed E-state index contributed by atoms with van der Waals surface area (Å²) in [5.41, 5.74) is -0.727. The van der Waals surface area contributed by atoms with E-state index >= 15 is 0 Å². The van der Waals surface area contributed by atoms with Gasteiger partial charge >= 0.3 is 5.97 Å². The van der Waals surface area contributed by atoms with Crippen molar-refractivity contribution in [3.63, 3.8) is 0 Å². The van der Waals surface area contributed by atoms with Crippen LogP contribution < -0.4 is 0 Å². The number of nitrogens with zero attached hydrogens (tertiary/aromatic N) is 1. The summed E-state index contributed by atoms with van der Waals surface area (Å²) in [5, 5.41) is 9.06. The minimum absolute atomic E-state index is 0.136. The Morgan fingerprint density at radius 2 is 2.12 bits per heavy atom. The van der Waals surface area contributed by atoms with E-state index in [-0.39, 0.29) is 5.91 Å². The van der Waals surface area contributed by atoms with Crippen molar-refractivity contribution in [1.82, 2.24) is 4.90 Å². The number of likely N-dealkylation sites (tertiary alicyclic amines) is 1. The Hall–Kier alpha value is -1.06. The third-order valence-electron chi connectivity index (χ3n) is 3.81. The number of carbonyl (C=O) groups excluding carboxylic acids is 1. The van der Waals surface area contributed by atoms with Crippen LogP contribution in [0.2, 0.25) is 0 Å². The molecule has 2 aliphatic rings. The largest absolute Gasteiger partial charge is 0.481 e. The fourth-order valence-corrected chi connectivity index (χ4v) is 2.24. The van der Waals surface area contributed by atoms with E-state index in [9.17, 15) is 9.59 Å². The minimum Gasteiger partial charge on any atom is -0.481 e. The van der Waals surface area contributed by atoms with Crippen LogP contribution in [0.25, 0.3) is 0 Å². The van der Waals surface area contributed by atoms with Crippen LogP contribution in [0.5, 0.6) is 0 Å². The Morgan fingerprint density at radius 1 is 1.44 bits per heavy atom. The van der Waals surface area contributed by atoms with Crippen LogP contribution in [-0.2, 0) is 9.59 Å². The summed E-state index contributed by atoms with van der Waals surface area (Å²) in [6.45, 7) is 2.71. The number of amides is 1. The summed E-state index contributed by atoms with van der Waals surface area (Å²) < 4.78 is 0. The molecule has 1 aliphatic heterocycles. The molecule has 4 heteroatoms. The molecule has 1 saturated heterocycles. The molecule has 16 heavy (non-hydrogen) atoms. The van der Waals surface area contributed by atoms with Crippen molar-refractivity contribution in [2.75, 3.05) is 13.1 Å². The molecule has 0 aromatic heterocycles. The molecule has 4 nitrogen and oxygen atoms in total. The van der Waals surface area contributed by atoms with Crippen molar-refractivity contribution in [3.8, 4) is 0 Å². The van der Waals surface area contributed by atoms with E-state index in [1.165, 1.54) is 12.8 Å². The van der Waals surface area contributed by atoms with E-state index < -0.39 is 11.4 Å². The van der Waals surface area contributed by atoms with Crippen LogP contribution in [0, 0.1) is 11.3 Å². The first-order valence-corrected chi connectivity index (χ1v) is 6.02. The van der Waals surface area contributed by atoms with Gasteiger partial charge < -0.3 is 10.0 Å². The lowest BCUT2D eigenvalue weighted by Crippen LogP contribution is -2.34.